The number of nitrogens with zero attached hydrogens (tertiary/aromatic N) is 7. The van der Waals surface area contributed by atoms with Crippen molar-refractivity contribution in [3.05, 3.63) is 570 Å². The zero-order chi connectivity index (χ0) is 98.2. The van der Waals surface area contributed by atoms with Gasteiger partial charge in [0.1, 0.15) is 45.1 Å². The first-order valence-corrected chi connectivity index (χ1v) is 51.3. The molecule has 0 radical (unpaired) electrons. The van der Waals surface area contributed by atoms with Crippen LogP contribution in [-0.4, -0.2) is 34.1 Å². The second-order valence-electron chi connectivity index (χ2n) is 39.9. The fourth-order valence-corrected chi connectivity index (χ4v) is 26.9. The third kappa shape index (κ3) is 11.5. The molecule has 150 heavy (non-hydrogen) atoms. The molecule has 6 aromatic heterocycles. The molecule has 28 aromatic rings. The van der Waals surface area contributed by atoms with Crippen LogP contribution in [0.5, 0.6) is 0 Å². The minimum atomic E-state index is -0.524. The number of aromatic nitrogens is 7. The van der Waals surface area contributed by atoms with Crippen LogP contribution in [0.3, 0.4) is 0 Å². The summed E-state index contributed by atoms with van der Waals surface area (Å²) >= 11 is 0. The van der Waals surface area contributed by atoms with Crippen LogP contribution in [0.4, 0.5) is 0 Å². The van der Waals surface area contributed by atoms with Crippen LogP contribution < -0.4 is 0 Å². The van der Waals surface area contributed by atoms with Gasteiger partial charge in [-0.3, -0.25) is 9.13 Å². The van der Waals surface area contributed by atoms with Crippen LogP contribution in [0, 0.1) is 0 Å². The maximum Gasteiger partial charge on any atom is 0.167 e. The Labute approximate surface area is 861 Å². The van der Waals surface area contributed by atoms with Crippen LogP contribution in [-0.2, 0) is 16.2 Å². The fraction of sp³-hybridized carbons (Fsp3) is 0.0214. The van der Waals surface area contributed by atoms with Crippen LogP contribution in [0.1, 0.15) is 66.8 Å². The molecule has 696 valence electrons. The molecular formula is C140H83N7O3. The predicted octanol–water partition coefficient (Wildman–Crippen LogP) is 34.7. The molecule has 6 aliphatic carbocycles. The SMILES string of the molecule is c1ccc(-c2nc(-c3ccccc3)nc(-c3cccc4c3oc3ccc5c(c34)C3(c4ccccc4-c4ccccc43)c3ccccc3-5)n2)cc1.c1ccc(-n2c(-c3ccc(-c4cccc5c4-c4ccccc4C54c5ccccc5-c5ccc6oc7ccccc7c6c54)cc3)nc3ccccc32)cc1.c1ccc(-n2c(-c3cccc4c3-c3ccccc3C43c4ccccc4-c4ccc5oc6ccccc6c5c43)nc3ccccc32)cc1. The van der Waals surface area contributed by atoms with E-state index in [-0.39, 0.29) is 0 Å². The molecule has 2 atom stereocenters. The highest BCUT2D eigenvalue weighted by atomic mass is 16.3. The molecule has 2 unspecified atom stereocenters. The van der Waals surface area contributed by atoms with E-state index in [0.717, 1.165) is 128 Å². The summed E-state index contributed by atoms with van der Waals surface area (Å²) in [6.07, 6.45) is 0. The molecule has 10 heteroatoms. The normalized spacial score (nSPS) is 14.8. The van der Waals surface area contributed by atoms with Crippen molar-refractivity contribution in [2.45, 2.75) is 16.2 Å². The molecule has 22 aromatic carbocycles. The molecule has 3 spiro atoms. The van der Waals surface area contributed by atoms with Gasteiger partial charge in [-0.1, -0.05) is 419 Å². The van der Waals surface area contributed by atoms with Gasteiger partial charge in [-0.15, -0.1) is 0 Å². The summed E-state index contributed by atoms with van der Waals surface area (Å²) in [7, 11) is 0. The first-order chi connectivity index (χ1) is 74.4. The van der Waals surface area contributed by atoms with Gasteiger partial charge < -0.3 is 13.3 Å². The van der Waals surface area contributed by atoms with Crippen LogP contribution >= 0.6 is 0 Å². The lowest BCUT2D eigenvalue weighted by Gasteiger charge is -2.31. The zero-order valence-electron chi connectivity index (χ0n) is 80.8. The van der Waals surface area contributed by atoms with E-state index >= 15 is 0 Å². The Hall–Kier alpha value is -19.8. The Kier molecular flexibility index (Phi) is 17.9. The number of hydrogen-bond acceptors (Lipinski definition) is 8. The van der Waals surface area contributed by atoms with Gasteiger partial charge >= 0.3 is 0 Å². The van der Waals surface area contributed by atoms with Crippen LogP contribution in [0.25, 0.3) is 234 Å². The van der Waals surface area contributed by atoms with Gasteiger partial charge in [0, 0.05) is 65.9 Å². The van der Waals surface area contributed by atoms with E-state index in [9.17, 15) is 0 Å². The van der Waals surface area contributed by atoms with Crippen molar-refractivity contribution in [1.29, 1.82) is 0 Å². The van der Waals surface area contributed by atoms with Crippen molar-refractivity contribution in [3.8, 4) is 146 Å². The quantitative estimate of drug-likeness (QED) is 0.148. The number of imidazole rings is 2. The number of benzene rings is 22. The molecule has 0 N–H and O–H groups in total. The lowest BCUT2D eigenvalue weighted by atomic mass is 9.69. The summed E-state index contributed by atoms with van der Waals surface area (Å²) in [5.41, 5.74) is 48.3. The summed E-state index contributed by atoms with van der Waals surface area (Å²) in [5.74, 6) is 3.70. The Morgan fingerprint density at radius 2 is 0.480 bits per heavy atom. The lowest BCUT2D eigenvalue weighted by molar-refractivity contribution is 0.667. The monoisotopic (exact) mass is 1910 g/mol. The highest BCUT2D eigenvalue weighted by Crippen LogP contribution is 2.70. The minimum Gasteiger partial charge on any atom is -0.456 e. The Balaban J connectivity index is 0.0000000995. The van der Waals surface area contributed by atoms with Gasteiger partial charge in [-0.25, -0.2) is 24.9 Å². The maximum atomic E-state index is 6.93. The van der Waals surface area contributed by atoms with Crippen LogP contribution in [0.2, 0.25) is 0 Å². The van der Waals surface area contributed by atoms with Crippen molar-refractivity contribution >= 4 is 87.9 Å². The predicted molar refractivity (Wildman–Crippen MR) is 605 cm³/mol. The van der Waals surface area contributed by atoms with Gasteiger partial charge in [-0.05, 0) is 230 Å². The molecule has 34 rings (SSSR count). The average Bonchev–Trinajstić information content (AvgIpc) is 1.50. The molecular weight excluding hydrogens is 1830 g/mol. The molecule has 0 amide bonds. The summed E-state index contributed by atoms with van der Waals surface area (Å²) in [5, 5.41) is 6.88. The van der Waals surface area contributed by atoms with Crippen LogP contribution in [0.15, 0.2) is 517 Å². The highest BCUT2D eigenvalue weighted by molar-refractivity contribution is 6.19. The van der Waals surface area contributed by atoms with Gasteiger partial charge in [0.15, 0.2) is 17.5 Å². The first-order valence-electron chi connectivity index (χ1n) is 51.3. The molecule has 6 heterocycles. The molecule has 0 aliphatic heterocycles. The third-order valence-electron chi connectivity index (χ3n) is 32.6. The highest BCUT2D eigenvalue weighted by Gasteiger charge is 2.57. The summed E-state index contributed by atoms with van der Waals surface area (Å²) in [4.78, 5) is 25.6. The van der Waals surface area contributed by atoms with Crippen molar-refractivity contribution in [2.24, 2.45) is 0 Å². The summed E-state index contributed by atoms with van der Waals surface area (Å²) < 4.78 is 24.6. The van der Waals surface area contributed by atoms with E-state index < -0.39 is 16.2 Å². The van der Waals surface area contributed by atoms with E-state index in [1.165, 1.54) is 155 Å². The minimum absolute atomic E-state index is 0.487. The zero-order valence-corrected chi connectivity index (χ0v) is 80.8. The van der Waals surface area contributed by atoms with Gasteiger partial charge in [-0.2, -0.15) is 0 Å². The largest absolute Gasteiger partial charge is 0.456 e. The summed E-state index contributed by atoms with van der Waals surface area (Å²) in [6.45, 7) is 0. The maximum absolute atomic E-state index is 6.93. The molecule has 0 bridgehead atoms. The lowest BCUT2D eigenvalue weighted by Crippen LogP contribution is -2.26. The fourth-order valence-electron chi connectivity index (χ4n) is 26.9. The third-order valence-corrected chi connectivity index (χ3v) is 32.6. The molecule has 0 saturated carbocycles. The van der Waals surface area contributed by atoms with Gasteiger partial charge in [0.05, 0.1) is 43.9 Å². The van der Waals surface area contributed by atoms with E-state index in [1.54, 1.807) is 0 Å². The van der Waals surface area contributed by atoms with E-state index in [0.29, 0.717) is 17.5 Å². The van der Waals surface area contributed by atoms with Crippen molar-refractivity contribution in [3.63, 3.8) is 0 Å². The molecule has 0 saturated heterocycles. The van der Waals surface area contributed by atoms with Crippen molar-refractivity contribution < 1.29 is 13.3 Å². The first kappa shape index (κ1) is 83.6. The number of fused-ring (bicyclic) bond motifs is 44. The van der Waals surface area contributed by atoms with Gasteiger partial charge in [0.2, 0.25) is 0 Å². The average molecular weight is 1910 g/mol. The van der Waals surface area contributed by atoms with Gasteiger partial charge in [0.25, 0.3) is 0 Å². The number of hydrogen-bond donors (Lipinski definition) is 0. The Morgan fingerprint density at radius 3 is 0.947 bits per heavy atom. The standard InChI is InChI=1S/C50H30N2O.C46H27N3O.C44H26N2O/c1-2-13-33(14-3-1)52-43-23-10-9-22-42(43)51-49(52)32-27-25-31(26-28-32)34-18-12-21-41-46(34)37-16-5-8-20-40(37)50(41)39-19-7-4-15-35(39)36-29-30-45-47(48(36)50)38-17-6-11-24-44(38)53-45;1-3-14-28(15-4-1)43-47-44(29-16-5-2-6-17-29)49-45(48-43)35-22-13-21-34-40-39(50-42(34)35)27-26-33-32-20-9-12-25-38(32)46(41(33)40)36-23-10-7-18-30(36)31-19-8-11-24-37(31)46;1-2-13-27(14-3-1)46-37-23-10-9-22-36(37)45-43(46)32-18-12-21-35-40(32)30-16-5-8-20-34(30)44(35)33-19-7-4-15-28(33)29-25-26-39-41(42(29)44)31-17-6-11-24-38(31)47-39/h1-30H;1-27H;1-26H. The molecule has 0 fully saturated rings. The second kappa shape index (κ2) is 32.1. The topological polar surface area (TPSA) is 114 Å². The smallest absolute Gasteiger partial charge is 0.167 e. The van der Waals surface area contributed by atoms with E-state index in [4.69, 9.17) is 38.2 Å². The Bertz CT molecular complexity index is 10500. The number of furan rings is 3. The Morgan fingerprint density at radius 1 is 0.173 bits per heavy atom. The number of para-hydroxylation sites is 9. The number of rotatable bonds is 8. The second-order valence-corrected chi connectivity index (χ2v) is 39.9. The molecule has 10 nitrogen and oxygen atoms in total. The van der Waals surface area contributed by atoms with Crippen molar-refractivity contribution in [2.75, 3.05) is 0 Å². The summed E-state index contributed by atoms with van der Waals surface area (Å²) in [6, 6.07) is 180. The van der Waals surface area contributed by atoms with E-state index in [2.05, 4.69) is 452 Å². The van der Waals surface area contributed by atoms with Crippen molar-refractivity contribution in [1.82, 2.24) is 34.1 Å². The molecule has 6 aliphatic rings. The van der Waals surface area contributed by atoms with E-state index in [1.807, 2.05) is 60.7 Å².